The fourth-order valence-electron chi connectivity index (χ4n) is 1.27. The Bertz CT molecular complexity index is 320. The van der Waals surface area contributed by atoms with Crippen molar-refractivity contribution >= 4 is 19.5 Å². The van der Waals surface area contributed by atoms with Crippen molar-refractivity contribution in [1.82, 2.24) is 0 Å². The van der Waals surface area contributed by atoms with E-state index in [1.807, 2.05) is 0 Å². The molecule has 1 atom stereocenters. The minimum absolute atomic E-state index is 0.204. The molecule has 0 spiro atoms. The molecule has 0 aliphatic carbocycles. The molecule has 0 rings (SSSR count). The van der Waals surface area contributed by atoms with Crippen molar-refractivity contribution in [3.8, 4) is 0 Å². The lowest BCUT2D eigenvalue weighted by Crippen LogP contribution is -2.41. The first-order valence-electron chi connectivity index (χ1n) is 4.29. The summed E-state index contributed by atoms with van der Waals surface area (Å²) >= 11 is 0. The summed E-state index contributed by atoms with van der Waals surface area (Å²) in [6.07, 6.45) is -1.99. The summed E-state index contributed by atoms with van der Waals surface area (Å²) < 4.78 is 11.1. The van der Waals surface area contributed by atoms with E-state index in [-0.39, 0.29) is 6.42 Å². The van der Waals surface area contributed by atoms with E-state index in [2.05, 4.69) is 0 Å². The van der Waals surface area contributed by atoms with Gasteiger partial charge in [-0.15, -0.1) is 0 Å². The second-order valence-corrected chi connectivity index (χ2v) is 5.22. The Morgan fingerprint density at radius 2 is 1.69 bits per heavy atom. The van der Waals surface area contributed by atoms with Crippen LogP contribution in [0.4, 0.5) is 0 Å². The Balaban J connectivity index is 5.31. The van der Waals surface area contributed by atoms with Crippen molar-refractivity contribution in [2.75, 3.05) is 6.61 Å². The smallest absolute Gasteiger partial charge is 0.343 e. The van der Waals surface area contributed by atoms with Crippen molar-refractivity contribution in [2.24, 2.45) is 0 Å². The molecule has 9 heteroatoms. The van der Waals surface area contributed by atoms with Crippen LogP contribution in [0.1, 0.15) is 19.3 Å². The van der Waals surface area contributed by atoms with Crippen LogP contribution in [-0.4, -0.2) is 48.8 Å². The quantitative estimate of drug-likeness (QED) is 0.372. The van der Waals surface area contributed by atoms with Crippen LogP contribution in [0.15, 0.2) is 0 Å². The Labute approximate surface area is 90.7 Å². The van der Waals surface area contributed by atoms with Crippen molar-refractivity contribution in [2.45, 2.75) is 24.4 Å². The fourth-order valence-corrected chi connectivity index (χ4v) is 2.31. The molecule has 16 heavy (non-hydrogen) atoms. The van der Waals surface area contributed by atoms with Crippen molar-refractivity contribution in [3.63, 3.8) is 0 Å². The van der Waals surface area contributed by atoms with Crippen LogP contribution < -0.4 is 0 Å². The van der Waals surface area contributed by atoms with Gasteiger partial charge in [-0.1, -0.05) is 0 Å². The van der Waals surface area contributed by atoms with Gasteiger partial charge in [0.25, 0.3) is 0 Å². The third-order valence-electron chi connectivity index (χ3n) is 2.15. The highest BCUT2D eigenvalue weighted by atomic mass is 31.2. The molecule has 0 saturated heterocycles. The summed E-state index contributed by atoms with van der Waals surface area (Å²) in [5, 5.41) is 23.1. The zero-order valence-electron chi connectivity index (χ0n) is 8.24. The van der Waals surface area contributed by atoms with E-state index >= 15 is 0 Å². The number of carbonyl (C=O) groups is 2. The van der Waals surface area contributed by atoms with Crippen LogP contribution in [-0.2, 0) is 14.2 Å². The molecule has 0 aliphatic heterocycles. The summed E-state index contributed by atoms with van der Waals surface area (Å²) in [5.41, 5.74) is 0. The molecule has 0 amide bonds. The van der Waals surface area contributed by atoms with Crippen molar-refractivity contribution in [1.29, 1.82) is 0 Å². The lowest BCUT2D eigenvalue weighted by Gasteiger charge is -2.28. The van der Waals surface area contributed by atoms with E-state index in [0.717, 1.165) is 0 Å². The molecule has 0 radical (unpaired) electrons. The Hall–Kier alpha value is -0.950. The van der Waals surface area contributed by atoms with Gasteiger partial charge >= 0.3 is 19.5 Å². The van der Waals surface area contributed by atoms with E-state index in [9.17, 15) is 14.2 Å². The monoisotopic (exact) mass is 256 g/mol. The van der Waals surface area contributed by atoms with Crippen LogP contribution in [0.5, 0.6) is 0 Å². The molecule has 8 nitrogen and oxygen atoms in total. The van der Waals surface area contributed by atoms with E-state index in [1.54, 1.807) is 0 Å². The second-order valence-electron chi connectivity index (χ2n) is 3.28. The zero-order valence-corrected chi connectivity index (χ0v) is 9.13. The van der Waals surface area contributed by atoms with E-state index < -0.39 is 44.1 Å². The van der Waals surface area contributed by atoms with E-state index in [4.69, 9.17) is 25.1 Å². The highest BCUT2D eigenvalue weighted by Crippen LogP contribution is 2.55. The average Bonchev–Trinajstić information content (AvgIpc) is 2.09. The molecule has 0 bridgehead atoms. The summed E-state index contributed by atoms with van der Waals surface area (Å²) in [5.74, 6) is -3.50. The molecular formula is C7H13O8P. The normalized spacial score (nSPS) is 15.4. The first-order valence-corrected chi connectivity index (χ1v) is 5.90. The summed E-state index contributed by atoms with van der Waals surface area (Å²) in [6.45, 7) is -0.478. The standard InChI is InChI=1S/C7H13O8P/c8-3-1-2-7(6(11)12,4-5(9)10)16(13,14)15/h8H,1-4H2,(H,9,10)(H,11,12)(H2,13,14,15). The number of carboxylic acids is 2. The number of carboxylic acid groups (broad SMARTS) is 2. The van der Waals surface area contributed by atoms with Gasteiger partial charge in [-0.25, -0.2) is 0 Å². The molecule has 94 valence electrons. The lowest BCUT2D eigenvalue weighted by atomic mass is 9.98. The number of aliphatic carboxylic acids is 2. The van der Waals surface area contributed by atoms with E-state index in [1.165, 1.54) is 0 Å². The Kier molecular flexibility index (Phi) is 5.08. The zero-order chi connectivity index (χ0) is 13.0. The number of hydrogen-bond acceptors (Lipinski definition) is 4. The Morgan fingerprint density at radius 3 is 1.94 bits per heavy atom. The van der Waals surface area contributed by atoms with Gasteiger partial charge in [-0.3, -0.25) is 14.2 Å². The van der Waals surface area contributed by atoms with Crippen LogP contribution in [0.3, 0.4) is 0 Å². The second kappa shape index (κ2) is 5.40. The third-order valence-corrected chi connectivity index (χ3v) is 3.84. The molecule has 0 heterocycles. The fraction of sp³-hybridized carbons (Fsp3) is 0.714. The predicted molar refractivity (Wildman–Crippen MR) is 51.0 cm³/mol. The van der Waals surface area contributed by atoms with Gasteiger partial charge in [0, 0.05) is 6.61 Å². The van der Waals surface area contributed by atoms with Gasteiger partial charge in [0.2, 0.25) is 0 Å². The van der Waals surface area contributed by atoms with Crippen molar-refractivity contribution < 1.29 is 39.3 Å². The maximum atomic E-state index is 11.1. The van der Waals surface area contributed by atoms with Crippen LogP contribution >= 0.6 is 7.60 Å². The van der Waals surface area contributed by atoms with E-state index in [0.29, 0.717) is 0 Å². The summed E-state index contributed by atoms with van der Waals surface area (Å²) in [6, 6.07) is 0. The van der Waals surface area contributed by atoms with Gasteiger partial charge in [0.05, 0.1) is 6.42 Å². The number of aliphatic hydroxyl groups is 1. The number of hydrogen-bond donors (Lipinski definition) is 5. The van der Waals surface area contributed by atoms with Gasteiger partial charge in [0.15, 0.2) is 5.16 Å². The molecule has 0 aromatic rings. The molecule has 5 N–H and O–H groups in total. The highest BCUT2D eigenvalue weighted by Gasteiger charge is 2.54. The van der Waals surface area contributed by atoms with Gasteiger partial charge < -0.3 is 25.1 Å². The van der Waals surface area contributed by atoms with Crippen LogP contribution in [0.2, 0.25) is 0 Å². The maximum Gasteiger partial charge on any atom is 0.343 e. The average molecular weight is 256 g/mol. The van der Waals surface area contributed by atoms with Crippen molar-refractivity contribution in [3.05, 3.63) is 0 Å². The number of aliphatic hydroxyl groups excluding tert-OH is 1. The lowest BCUT2D eigenvalue weighted by molar-refractivity contribution is -0.147. The minimum atomic E-state index is -5.14. The SMILES string of the molecule is O=C(O)CC(CCCO)(C(=O)O)P(=O)(O)O. The third kappa shape index (κ3) is 3.28. The largest absolute Gasteiger partial charge is 0.481 e. The van der Waals surface area contributed by atoms with Crippen LogP contribution in [0.25, 0.3) is 0 Å². The first kappa shape index (κ1) is 15.0. The highest BCUT2D eigenvalue weighted by molar-refractivity contribution is 7.54. The molecular weight excluding hydrogens is 243 g/mol. The Morgan fingerprint density at radius 1 is 1.19 bits per heavy atom. The minimum Gasteiger partial charge on any atom is -0.481 e. The molecule has 0 aromatic carbocycles. The summed E-state index contributed by atoms with van der Waals surface area (Å²) in [7, 11) is -5.14. The molecule has 0 fully saturated rings. The predicted octanol–water partition coefficient (Wildman–Crippen LogP) is -0.765. The van der Waals surface area contributed by atoms with Crippen LogP contribution in [0, 0.1) is 0 Å². The van der Waals surface area contributed by atoms with Gasteiger partial charge in [-0.2, -0.15) is 0 Å². The van der Waals surface area contributed by atoms with Gasteiger partial charge in [0.1, 0.15) is 0 Å². The topological polar surface area (TPSA) is 152 Å². The molecule has 0 saturated carbocycles. The molecule has 0 aromatic heterocycles. The maximum absolute atomic E-state index is 11.1. The van der Waals surface area contributed by atoms with Gasteiger partial charge in [-0.05, 0) is 12.8 Å². The first-order chi connectivity index (χ1) is 7.17. The number of rotatable bonds is 7. The molecule has 0 aliphatic rings. The summed E-state index contributed by atoms with van der Waals surface area (Å²) in [4.78, 5) is 39.3. The molecule has 1 unspecified atom stereocenters.